The van der Waals surface area contributed by atoms with Gasteiger partial charge in [-0.1, -0.05) is 74.4 Å². The van der Waals surface area contributed by atoms with Crippen molar-refractivity contribution < 1.29 is 86.9 Å². The SMILES string of the molecule is CNN(C)Cc1cc2ccccc2n1CCC(=O)N[C@@H](CCC(=O)O)CNCCOCCOCCC(=O)NC(C(=O)NC(CCCNC(N)=O)C(=O)N(C)[C@@H](C)C(=O)O[C@H]1CC(=O)N(C)c2cc(cc(OC)c2Cl)C/C(C)=C/C=C/[C@@H](OC)[C@@]2(O)C[C@H](OC(=O)N2)[C@@H](C)CC1(C)O)C(C)C. The van der Waals surface area contributed by atoms with Crippen LogP contribution in [0.3, 0.4) is 0 Å². The monoisotopic (exact) mass is 1420 g/mol. The molecule has 1 aromatic heterocycles. The number of carboxylic acid groups (broad SMARTS) is 1. The second kappa shape index (κ2) is 39.9. The van der Waals surface area contributed by atoms with Crippen molar-refractivity contribution in [3.63, 3.8) is 0 Å². The largest absolute Gasteiger partial charge is 0.495 e. The summed E-state index contributed by atoms with van der Waals surface area (Å²) >= 11 is 6.84. The number of hydrogen-bond acceptors (Lipinski definition) is 20. The highest BCUT2D eigenvalue weighted by atomic mass is 35.5. The summed E-state index contributed by atoms with van der Waals surface area (Å²) in [5.41, 5.74) is 8.16. The number of ether oxygens (including phenoxy) is 6. The van der Waals surface area contributed by atoms with E-state index in [2.05, 4.69) is 48.0 Å². The number of amides is 8. The van der Waals surface area contributed by atoms with Crippen LogP contribution in [0.2, 0.25) is 5.02 Å². The van der Waals surface area contributed by atoms with Gasteiger partial charge in [0.1, 0.15) is 47.2 Å². The quantitative estimate of drug-likeness (QED) is 0.0228. The van der Waals surface area contributed by atoms with Crippen molar-refractivity contribution in [2.24, 2.45) is 17.6 Å². The Labute approximate surface area is 590 Å². The molecule has 2 aliphatic heterocycles. The molecule has 3 unspecified atom stereocenters. The number of halogens is 1. The molecule has 2 aliphatic rings. The lowest BCUT2D eigenvalue weighted by Crippen LogP contribution is -2.63. The molecule has 3 heterocycles. The molecule has 30 nitrogen and oxygen atoms in total. The highest BCUT2D eigenvalue weighted by Gasteiger charge is 2.49. The van der Waals surface area contributed by atoms with Gasteiger partial charge in [0.2, 0.25) is 29.5 Å². The van der Waals surface area contributed by atoms with Gasteiger partial charge in [0.25, 0.3) is 0 Å². The number of primary amides is 1. The molecule has 1 saturated heterocycles. The standard InChI is InChI=1S/C69H105ClN12O18/c1-42(2)62(77-58(84)25-29-97-31-32-98-30-27-73-40-48(22-23-60(86)87)75-57(83)24-28-82-49(41-79(8)72-7)36-47-18-13-14-20-51(47)82)63(88)76-50(19-16-26-74-66(71)91)64(89)80(9)45(5)65(90)100-56-37-59(85)81(10)52-34-46(35-53(95-11)61(52)70)33-43(3)17-15-21-55(96-12)69(94)39-54(99-67(92)78-69)44(4)38-68(56,6)93/h13-15,17-18,20-21,34-36,42,44-45,48,50,54-56,62,72-73,93-94H,16,19,22-33,37-41H2,1-12H3,(H,75,83)(H,76,88)(H,77,84)(H,78,92)(H,86,87)(H3,71,74,91)/b21-15+,43-17+/t44-,45-,48-,50?,54-,55+,56-,62?,68?,69-/m0/s1. The number of allylic oxidation sites excluding steroid dienone is 3. The Balaban J connectivity index is 1.18. The molecule has 0 spiro atoms. The van der Waals surface area contributed by atoms with Crippen LogP contribution < -0.4 is 52.7 Å². The fourth-order valence-electron chi connectivity index (χ4n) is 11.8. The first kappa shape index (κ1) is 82.7. The van der Waals surface area contributed by atoms with E-state index in [0.29, 0.717) is 38.2 Å². The zero-order valence-electron chi connectivity index (χ0n) is 59.6. The topological polar surface area (TPSA) is 395 Å². The lowest BCUT2D eigenvalue weighted by Gasteiger charge is -2.43. The van der Waals surface area contributed by atoms with E-state index in [1.54, 1.807) is 51.1 Å². The molecule has 100 heavy (non-hydrogen) atoms. The maximum absolute atomic E-state index is 14.6. The van der Waals surface area contributed by atoms with Crippen molar-refractivity contribution in [2.75, 3.05) is 93.4 Å². The predicted octanol–water partition coefficient (Wildman–Crippen LogP) is 3.55. The van der Waals surface area contributed by atoms with Crippen LogP contribution in [0.1, 0.15) is 111 Å². The Hall–Kier alpha value is -7.94. The van der Waals surface area contributed by atoms with Crippen molar-refractivity contribution in [3.8, 4) is 5.75 Å². The number of nitrogens with one attached hydrogen (secondary N) is 7. The average molecular weight is 1430 g/mol. The number of carboxylic acids is 1. The number of fused-ring (bicyclic) bond motifs is 5. The molecule has 12 N–H and O–H groups in total. The molecule has 556 valence electrons. The summed E-state index contributed by atoms with van der Waals surface area (Å²) in [5.74, 6) is -6.00. The number of methoxy groups -OCH3 is 2. The molecule has 0 radical (unpaired) electrons. The van der Waals surface area contributed by atoms with E-state index in [0.717, 1.165) is 27.1 Å². The van der Waals surface area contributed by atoms with E-state index < -0.39 is 120 Å². The highest BCUT2D eigenvalue weighted by Crippen LogP contribution is 2.39. The number of hydrazine groups is 1. The third-order valence-corrected chi connectivity index (χ3v) is 18.2. The summed E-state index contributed by atoms with van der Waals surface area (Å²) in [6.07, 6.45) is -0.303. The number of aryl methyl sites for hydroxylation is 1. The van der Waals surface area contributed by atoms with Crippen molar-refractivity contribution >= 4 is 81.8 Å². The van der Waals surface area contributed by atoms with Crippen LogP contribution in [0.5, 0.6) is 5.75 Å². The maximum atomic E-state index is 14.6. The summed E-state index contributed by atoms with van der Waals surface area (Å²) in [6, 6.07) is 8.23. The fraction of sp³-hybridized carbons (Fsp3) is 0.609. The summed E-state index contributed by atoms with van der Waals surface area (Å²) in [5, 5.41) is 53.5. The van der Waals surface area contributed by atoms with Gasteiger partial charge in [-0.2, -0.15) is 0 Å². The summed E-state index contributed by atoms with van der Waals surface area (Å²) in [7, 11) is 9.30. The van der Waals surface area contributed by atoms with Crippen molar-refractivity contribution in [1.29, 1.82) is 0 Å². The maximum Gasteiger partial charge on any atom is 0.409 e. The molecule has 3 aromatic rings. The number of hydrogen-bond donors (Lipinski definition) is 11. The number of carbonyl (C=O) groups is 9. The highest BCUT2D eigenvalue weighted by molar-refractivity contribution is 6.35. The summed E-state index contributed by atoms with van der Waals surface area (Å²) in [4.78, 5) is 123. The third-order valence-electron chi connectivity index (χ3n) is 17.8. The number of benzene rings is 2. The number of urea groups is 1. The van der Waals surface area contributed by atoms with Crippen LogP contribution in [0, 0.1) is 11.8 Å². The number of rotatable bonds is 35. The molecule has 1 fully saturated rings. The minimum Gasteiger partial charge on any atom is -0.495 e. The molecule has 10 atom stereocenters. The first-order chi connectivity index (χ1) is 47.3. The van der Waals surface area contributed by atoms with E-state index >= 15 is 0 Å². The predicted molar refractivity (Wildman–Crippen MR) is 373 cm³/mol. The van der Waals surface area contributed by atoms with Crippen LogP contribution in [-0.2, 0) is 76.8 Å². The van der Waals surface area contributed by atoms with E-state index in [-0.39, 0.29) is 107 Å². The summed E-state index contributed by atoms with van der Waals surface area (Å²) in [6.45, 7) is 11.8. The van der Waals surface area contributed by atoms with Gasteiger partial charge in [-0.15, -0.1) is 0 Å². The van der Waals surface area contributed by atoms with E-state index in [9.17, 15) is 58.5 Å². The van der Waals surface area contributed by atoms with Crippen LogP contribution in [-0.4, -0.2) is 226 Å². The summed E-state index contributed by atoms with van der Waals surface area (Å²) < 4.78 is 36.5. The van der Waals surface area contributed by atoms with Crippen LogP contribution >= 0.6 is 11.6 Å². The van der Waals surface area contributed by atoms with Crippen LogP contribution in [0.25, 0.3) is 10.9 Å². The van der Waals surface area contributed by atoms with Gasteiger partial charge in [-0.05, 0) is 107 Å². The van der Waals surface area contributed by atoms with Gasteiger partial charge in [0, 0.05) is 97.4 Å². The molecule has 8 amide bonds. The lowest BCUT2D eigenvalue weighted by molar-refractivity contribution is -0.177. The number of aromatic nitrogens is 1. The van der Waals surface area contributed by atoms with Crippen LogP contribution in [0.15, 0.2) is 66.3 Å². The molecule has 4 bridgehead atoms. The number of carbonyl (C=O) groups excluding carboxylic acids is 8. The van der Waals surface area contributed by atoms with Gasteiger partial charge < -0.3 is 90.4 Å². The number of aliphatic carboxylic acids is 1. The zero-order chi connectivity index (χ0) is 74.0. The number of aliphatic hydroxyl groups is 2. The van der Waals surface area contributed by atoms with Gasteiger partial charge in [-0.3, -0.25) is 39.5 Å². The Bertz CT molecular complexity index is 3330. The zero-order valence-corrected chi connectivity index (χ0v) is 60.4. The normalized spacial score (nSPS) is 21.9. The minimum atomic E-state index is -2.09. The Morgan fingerprint density at radius 2 is 1.61 bits per heavy atom. The first-order valence-electron chi connectivity index (χ1n) is 33.7. The van der Waals surface area contributed by atoms with E-state index in [1.807, 2.05) is 50.3 Å². The Morgan fingerprint density at radius 3 is 2.28 bits per heavy atom. The lowest BCUT2D eigenvalue weighted by atomic mass is 9.81. The number of anilines is 1. The fourth-order valence-corrected chi connectivity index (χ4v) is 12.1. The number of alkyl carbamates (subject to hydrolysis) is 1. The second-order valence-electron chi connectivity index (χ2n) is 26.1. The third kappa shape index (κ3) is 25.3. The molecule has 2 aromatic carbocycles. The van der Waals surface area contributed by atoms with Crippen molar-refractivity contribution in [3.05, 3.63) is 82.5 Å². The Kier molecular flexibility index (Phi) is 33.0. The van der Waals surface area contributed by atoms with Gasteiger partial charge in [0.05, 0.1) is 57.8 Å². The molecular weight excluding hydrogens is 1320 g/mol. The molecule has 0 saturated carbocycles. The van der Waals surface area contributed by atoms with Crippen molar-refractivity contribution in [1.82, 2.24) is 51.8 Å². The number of nitrogens with two attached hydrogens (primary N) is 1. The first-order valence-corrected chi connectivity index (χ1v) is 34.1. The number of para-hydroxylation sites is 1. The molecule has 5 rings (SSSR count). The van der Waals surface area contributed by atoms with E-state index in [4.69, 9.17) is 45.8 Å². The number of nitrogens with zero attached hydrogens (tertiary/aromatic N) is 4. The minimum absolute atomic E-state index is 0.00274. The van der Waals surface area contributed by atoms with E-state index in [1.165, 1.54) is 47.1 Å². The van der Waals surface area contributed by atoms with Gasteiger partial charge >= 0.3 is 24.1 Å². The van der Waals surface area contributed by atoms with Gasteiger partial charge in [-0.25, -0.2) is 19.4 Å². The van der Waals surface area contributed by atoms with Crippen LogP contribution in [0.4, 0.5) is 15.3 Å². The molecule has 31 heteroatoms. The molecular formula is C69H105ClN12O18. The van der Waals surface area contributed by atoms with Crippen molar-refractivity contribution in [2.45, 2.75) is 173 Å². The number of esters is 1. The second-order valence-corrected chi connectivity index (χ2v) is 26.5. The number of likely N-dealkylation sites (N-methyl/N-ethyl adjacent to an activating group) is 1. The smallest absolute Gasteiger partial charge is 0.409 e. The Morgan fingerprint density at radius 1 is 0.910 bits per heavy atom. The average Bonchev–Trinajstić information content (AvgIpc) is 1.15. The van der Waals surface area contributed by atoms with Gasteiger partial charge in [0.15, 0.2) is 5.72 Å². The molecule has 0 aliphatic carbocycles.